The van der Waals surface area contributed by atoms with Gasteiger partial charge in [0.2, 0.25) is 11.7 Å². The molecule has 0 spiro atoms. The number of carbonyl (C=O) groups is 1. The lowest BCUT2D eigenvalue weighted by molar-refractivity contribution is -0.122. The number of anilines is 1. The molecule has 1 aliphatic rings. The molecule has 0 saturated carbocycles. The number of imidazole rings is 1. The second-order valence-electron chi connectivity index (χ2n) is 6.86. The monoisotopic (exact) mass is 424 g/mol. The van der Waals surface area contributed by atoms with E-state index < -0.39 is 30.4 Å². The molecule has 11 heteroatoms. The van der Waals surface area contributed by atoms with Gasteiger partial charge in [-0.25, -0.2) is 15.4 Å². The van der Waals surface area contributed by atoms with Crippen LogP contribution in [0.1, 0.15) is 24.0 Å². The number of carbonyl (C=O) groups excluding carboxylic acids is 1. The Labute approximate surface area is 176 Å². The molecule has 3 aromatic rings. The number of amides is 1. The van der Waals surface area contributed by atoms with Gasteiger partial charge in [0.25, 0.3) is 0 Å². The normalized spacial score (nSPS) is 22.8. The molecule has 160 valence electrons. The van der Waals surface area contributed by atoms with Gasteiger partial charge in [-0.05, 0) is 18.1 Å². The highest BCUT2D eigenvalue weighted by Gasteiger charge is 2.44. The summed E-state index contributed by atoms with van der Waals surface area (Å²) in [6.45, 7) is 0. The Hall–Kier alpha value is -3.56. The summed E-state index contributed by atoms with van der Waals surface area (Å²) in [5.41, 5.74) is 9.26. The van der Waals surface area contributed by atoms with Crippen LogP contribution in [0, 0.1) is 11.8 Å². The third-order valence-electron chi connectivity index (χ3n) is 4.73. The molecule has 2 aromatic heterocycles. The fourth-order valence-corrected chi connectivity index (χ4v) is 3.30. The van der Waals surface area contributed by atoms with Crippen molar-refractivity contribution in [2.75, 3.05) is 12.6 Å². The van der Waals surface area contributed by atoms with Crippen molar-refractivity contribution >= 4 is 22.9 Å². The van der Waals surface area contributed by atoms with Crippen molar-refractivity contribution in [1.29, 1.82) is 0 Å². The van der Waals surface area contributed by atoms with Gasteiger partial charge in [0.1, 0.15) is 12.2 Å². The van der Waals surface area contributed by atoms with Crippen LogP contribution in [0.3, 0.4) is 0 Å². The number of nitrogens with two attached hydrogens (primary N) is 1. The maximum Gasteiger partial charge on any atom is 0.220 e. The molecule has 1 aliphatic heterocycles. The van der Waals surface area contributed by atoms with Gasteiger partial charge in [-0.1, -0.05) is 24.1 Å². The van der Waals surface area contributed by atoms with E-state index in [1.807, 2.05) is 30.3 Å². The first-order valence-electron chi connectivity index (χ1n) is 9.38. The predicted molar refractivity (Wildman–Crippen MR) is 108 cm³/mol. The van der Waals surface area contributed by atoms with Gasteiger partial charge in [0.15, 0.2) is 23.2 Å². The quantitative estimate of drug-likeness (QED) is 0.319. The van der Waals surface area contributed by atoms with E-state index in [1.54, 1.807) is 0 Å². The fourth-order valence-electron chi connectivity index (χ4n) is 3.30. The molecule has 11 nitrogen and oxygen atoms in total. The van der Waals surface area contributed by atoms with Gasteiger partial charge in [-0.15, -0.1) is 0 Å². The van der Waals surface area contributed by atoms with Crippen LogP contribution in [0.2, 0.25) is 0 Å². The van der Waals surface area contributed by atoms with Crippen LogP contribution in [0.5, 0.6) is 0 Å². The number of ether oxygens (including phenoxy) is 1. The third-order valence-corrected chi connectivity index (χ3v) is 4.73. The van der Waals surface area contributed by atoms with Crippen molar-refractivity contribution in [1.82, 2.24) is 19.5 Å². The number of aliphatic hydroxyl groups is 2. The number of hydrogen-bond donors (Lipinski definition) is 4. The number of fused-ring (bicyclic) bond motifs is 1. The summed E-state index contributed by atoms with van der Waals surface area (Å²) in [6, 6.07) is 9.33. The van der Waals surface area contributed by atoms with Crippen molar-refractivity contribution in [2.45, 2.75) is 31.0 Å². The lowest BCUT2D eigenvalue weighted by Crippen LogP contribution is -2.33. The van der Waals surface area contributed by atoms with Crippen molar-refractivity contribution in [2.24, 2.45) is 5.73 Å². The number of rotatable bonds is 5. The van der Waals surface area contributed by atoms with Gasteiger partial charge in [-0.3, -0.25) is 14.2 Å². The molecule has 5 N–H and O–H groups in total. The number of nitrogens with one attached hydrogen (secondary N) is 1. The Morgan fingerprint density at radius 2 is 2.03 bits per heavy atom. The maximum atomic E-state index is 11.2. The van der Waals surface area contributed by atoms with E-state index in [0.717, 1.165) is 5.56 Å². The molecule has 0 radical (unpaired) electrons. The Morgan fingerprint density at radius 3 is 2.74 bits per heavy atom. The van der Waals surface area contributed by atoms with Crippen LogP contribution < -0.4 is 11.2 Å². The molecule has 1 saturated heterocycles. The Morgan fingerprint density at radius 1 is 1.26 bits per heavy atom. The zero-order valence-electron chi connectivity index (χ0n) is 16.5. The summed E-state index contributed by atoms with van der Waals surface area (Å²) in [6.07, 6.45) is -3.46. The van der Waals surface area contributed by atoms with E-state index in [-0.39, 0.29) is 18.1 Å². The number of aromatic nitrogens is 4. The van der Waals surface area contributed by atoms with Gasteiger partial charge < -0.3 is 20.7 Å². The molecule has 31 heavy (non-hydrogen) atoms. The Bertz CT molecular complexity index is 1160. The first-order chi connectivity index (χ1) is 15.0. The molecule has 0 bridgehead atoms. The number of benzene rings is 1. The van der Waals surface area contributed by atoms with Crippen molar-refractivity contribution in [3.63, 3.8) is 0 Å². The van der Waals surface area contributed by atoms with Crippen molar-refractivity contribution in [3.05, 3.63) is 48.0 Å². The van der Waals surface area contributed by atoms with Crippen LogP contribution in [-0.4, -0.2) is 61.1 Å². The maximum absolute atomic E-state index is 11.2. The minimum atomic E-state index is -1.32. The van der Waals surface area contributed by atoms with E-state index in [0.29, 0.717) is 11.2 Å². The van der Waals surface area contributed by atoms with Crippen LogP contribution >= 0.6 is 0 Å². The van der Waals surface area contributed by atoms with Crippen molar-refractivity contribution in [3.8, 4) is 11.8 Å². The van der Waals surface area contributed by atoms with Gasteiger partial charge in [0, 0.05) is 5.56 Å². The molecule has 4 atom stereocenters. The summed E-state index contributed by atoms with van der Waals surface area (Å²) in [4.78, 5) is 29.2. The molecule has 4 rings (SSSR count). The fraction of sp³-hybridized carbons (Fsp3) is 0.300. The highest BCUT2D eigenvalue weighted by molar-refractivity contribution is 5.83. The van der Waals surface area contributed by atoms with Crippen LogP contribution in [-0.2, 0) is 14.4 Å². The number of hydrogen-bond acceptors (Lipinski definition) is 9. The Kier molecular flexibility index (Phi) is 5.79. The van der Waals surface area contributed by atoms with Gasteiger partial charge in [-0.2, -0.15) is 4.98 Å². The third kappa shape index (κ3) is 4.18. The topological polar surface area (TPSA) is 158 Å². The summed E-state index contributed by atoms with van der Waals surface area (Å²) in [5, 5.41) is 20.7. The van der Waals surface area contributed by atoms with Crippen LogP contribution in [0.4, 0.5) is 5.82 Å². The molecule has 3 heterocycles. The molecule has 1 aromatic carbocycles. The van der Waals surface area contributed by atoms with Gasteiger partial charge >= 0.3 is 0 Å². The zero-order valence-corrected chi connectivity index (χ0v) is 16.5. The first kappa shape index (κ1) is 20.7. The largest absolute Gasteiger partial charge is 0.388 e. The summed E-state index contributed by atoms with van der Waals surface area (Å²) >= 11 is 0. The van der Waals surface area contributed by atoms with E-state index in [2.05, 4.69) is 32.3 Å². The second kappa shape index (κ2) is 8.66. The van der Waals surface area contributed by atoms with E-state index in [9.17, 15) is 15.0 Å². The second-order valence-corrected chi connectivity index (χ2v) is 6.86. The first-order valence-corrected chi connectivity index (χ1v) is 9.38. The van der Waals surface area contributed by atoms with E-state index in [1.165, 1.54) is 18.0 Å². The van der Waals surface area contributed by atoms with E-state index in [4.69, 9.17) is 15.3 Å². The minimum Gasteiger partial charge on any atom is -0.388 e. The average molecular weight is 424 g/mol. The summed E-state index contributed by atoms with van der Waals surface area (Å²) < 4.78 is 7.14. The molecule has 1 amide bonds. The SMILES string of the molecule is CONc1nc(C#Cc2ccccc2)nc2c1ncn2[C@@H]1O[C@@H](CC(N)=O)[C@@H](O)[C@H]1O. The molecular formula is C20H20N6O5. The van der Waals surface area contributed by atoms with Crippen LogP contribution in [0.15, 0.2) is 36.7 Å². The van der Waals surface area contributed by atoms with Crippen molar-refractivity contribution < 1.29 is 24.6 Å². The predicted octanol–water partition coefficient (Wildman–Crippen LogP) is -0.306. The molecule has 0 aliphatic carbocycles. The van der Waals surface area contributed by atoms with Crippen LogP contribution in [0.25, 0.3) is 11.2 Å². The zero-order chi connectivity index (χ0) is 22.0. The van der Waals surface area contributed by atoms with E-state index >= 15 is 0 Å². The highest BCUT2D eigenvalue weighted by atomic mass is 16.6. The number of nitrogens with zero attached hydrogens (tertiary/aromatic N) is 4. The minimum absolute atomic E-state index is 0.180. The highest BCUT2D eigenvalue weighted by Crippen LogP contribution is 2.33. The number of aliphatic hydroxyl groups excluding tert-OH is 2. The molecule has 1 fully saturated rings. The lowest BCUT2D eigenvalue weighted by Gasteiger charge is -2.16. The smallest absolute Gasteiger partial charge is 0.220 e. The lowest BCUT2D eigenvalue weighted by atomic mass is 10.1. The average Bonchev–Trinajstić information content (AvgIpc) is 3.29. The van der Waals surface area contributed by atoms with Gasteiger partial charge in [0.05, 0.1) is 26.0 Å². The Balaban J connectivity index is 1.75. The summed E-state index contributed by atoms with van der Waals surface area (Å²) in [5.74, 6) is 5.66. The molecular weight excluding hydrogens is 404 g/mol. The molecule has 0 unspecified atom stereocenters. The number of primary amides is 1. The summed E-state index contributed by atoms with van der Waals surface area (Å²) in [7, 11) is 1.43. The standard InChI is InChI=1S/C20H20N6O5/c1-30-25-18-15-19(24-14(23-18)8-7-11-5-3-2-4-6-11)26(10-22-15)20-17(29)16(28)12(31-20)9-13(21)27/h2-6,10,12,16-17,20,28-29H,9H2,1H3,(H2,21,27)(H,23,24,25)/t12-,16+,17+,20+/m0/s1.